The Morgan fingerprint density at radius 2 is 1.42 bits per heavy atom. The molecule has 0 N–H and O–H groups in total. The van der Waals surface area contributed by atoms with Crippen LogP contribution in [-0.4, -0.2) is 47.6 Å². The number of carbonyl (C=O) groups is 1. The molecule has 2 heterocycles. The summed E-state index contributed by atoms with van der Waals surface area (Å²) in [5, 5.41) is 0.0624. The molecular formula is C38H62O6Si. The summed E-state index contributed by atoms with van der Waals surface area (Å²) in [4.78, 5) is 14.0. The third-order valence-corrected chi connectivity index (χ3v) is 15.2. The Bertz CT molecular complexity index is 1270. The van der Waals surface area contributed by atoms with Crippen molar-refractivity contribution in [1.82, 2.24) is 0 Å². The van der Waals surface area contributed by atoms with E-state index < -0.39 is 8.32 Å². The molecule has 0 aliphatic carbocycles. The van der Waals surface area contributed by atoms with Crippen molar-refractivity contribution in [3.8, 4) is 17.2 Å². The predicted octanol–water partition coefficient (Wildman–Crippen LogP) is 9.58. The molecule has 2 bridgehead atoms. The normalized spacial score (nSPS) is 31.3. The van der Waals surface area contributed by atoms with Gasteiger partial charge in [-0.25, -0.2) is 0 Å². The van der Waals surface area contributed by atoms with Crippen LogP contribution in [0.5, 0.6) is 17.2 Å². The smallest absolute Gasteiger partial charge is 0.192 e. The Hall–Kier alpha value is -2.09. The fraction of sp³-hybridized carbons (Fsp3) is 0.711. The predicted molar refractivity (Wildman–Crippen MR) is 187 cm³/mol. The van der Waals surface area contributed by atoms with E-state index in [4.69, 9.17) is 23.4 Å². The zero-order valence-corrected chi connectivity index (χ0v) is 32.0. The molecule has 0 amide bonds. The van der Waals surface area contributed by atoms with E-state index in [-0.39, 0.29) is 53.3 Å². The van der Waals surface area contributed by atoms with E-state index in [2.05, 4.69) is 80.6 Å². The van der Waals surface area contributed by atoms with Crippen LogP contribution in [0.4, 0.5) is 0 Å². The van der Waals surface area contributed by atoms with Crippen molar-refractivity contribution >= 4 is 14.1 Å². The van der Waals surface area contributed by atoms with Gasteiger partial charge in [0, 0.05) is 34.9 Å². The van der Waals surface area contributed by atoms with Crippen molar-refractivity contribution in [2.24, 2.45) is 23.7 Å². The molecule has 1 aromatic carbocycles. The van der Waals surface area contributed by atoms with Crippen molar-refractivity contribution < 1.29 is 28.2 Å². The molecule has 6 nitrogen and oxygen atoms in total. The van der Waals surface area contributed by atoms with E-state index in [0.29, 0.717) is 23.2 Å². The van der Waals surface area contributed by atoms with Crippen molar-refractivity contribution in [2.75, 3.05) is 21.3 Å². The molecule has 0 saturated carbocycles. The highest BCUT2D eigenvalue weighted by atomic mass is 28.4. The summed E-state index contributed by atoms with van der Waals surface area (Å²) in [5.41, 5.74) is 4.59. The van der Waals surface area contributed by atoms with Crippen LogP contribution in [0.1, 0.15) is 104 Å². The maximum atomic E-state index is 14.0. The molecule has 0 unspecified atom stereocenters. The van der Waals surface area contributed by atoms with Crippen molar-refractivity contribution in [2.45, 2.75) is 131 Å². The largest absolute Gasteiger partial charge is 0.496 e. The van der Waals surface area contributed by atoms with Gasteiger partial charge < -0.3 is 23.4 Å². The molecule has 2 aliphatic heterocycles. The fourth-order valence-corrected chi connectivity index (χ4v) is 8.69. The van der Waals surface area contributed by atoms with Gasteiger partial charge in [-0.05, 0) is 75.6 Å². The maximum Gasteiger partial charge on any atom is 0.192 e. The highest BCUT2D eigenvalue weighted by molar-refractivity contribution is 6.74. The van der Waals surface area contributed by atoms with Crippen molar-refractivity contribution in [1.29, 1.82) is 0 Å². The molecule has 0 spiro atoms. The minimum absolute atomic E-state index is 0.0136. The maximum absolute atomic E-state index is 14.0. The lowest BCUT2D eigenvalue weighted by Crippen LogP contribution is -2.53. The number of ketones is 1. The number of ether oxygens (including phenoxy) is 4. The average molecular weight is 643 g/mol. The lowest BCUT2D eigenvalue weighted by molar-refractivity contribution is -0.165. The Morgan fingerprint density at radius 3 is 1.98 bits per heavy atom. The number of carbonyl (C=O) groups excluding carboxylic acids is 1. The van der Waals surface area contributed by atoms with Gasteiger partial charge in [0.05, 0.1) is 39.6 Å². The second kappa shape index (κ2) is 14.8. The van der Waals surface area contributed by atoms with Gasteiger partial charge in [0.25, 0.3) is 0 Å². The Morgan fingerprint density at radius 1 is 0.822 bits per heavy atom. The molecule has 7 atom stereocenters. The second-order valence-electron chi connectivity index (χ2n) is 15.5. The van der Waals surface area contributed by atoms with Crippen molar-refractivity contribution in [3.05, 3.63) is 40.0 Å². The van der Waals surface area contributed by atoms with Crippen LogP contribution in [0.3, 0.4) is 0 Å². The molecule has 1 saturated heterocycles. The first-order valence-electron chi connectivity index (χ1n) is 16.9. The number of Topliss-reactive ketones (excluding diaryl/α,β-unsaturated/α-hetero) is 1. The van der Waals surface area contributed by atoms with E-state index in [1.54, 1.807) is 21.3 Å². The lowest BCUT2D eigenvalue weighted by atomic mass is 9.77. The second-order valence-corrected chi connectivity index (χ2v) is 20.2. The Balaban J connectivity index is 2.35. The van der Waals surface area contributed by atoms with Crippen LogP contribution in [0.15, 0.2) is 23.3 Å². The minimum Gasteiger partial charge on any atom is -0.496 e. The van der Waals surface area contributed by atoms with Gasteiger partial charge in [-0.2, -0.15) is 0 Å². The average Bonchev–Trinajstić information content (AvgIpc) is 2.93. The van der Waals surface area contributed by atoms with Gasteiger partial charge in [0.1, 0.15) is 5.75 Å². The number of rotatable bonds is 5. The molecule has 3 rings (SSSR count). The lowest BCUT2D eigenvalue weighted by Gasteiger charge is -2.50. The van der Waals surface area contributed by atoms with Gasteiger partial charge >= 0.3 is 0 Å². The number of hydrogen-bond acceptors (Lipinski definition) is 6. The molecular weight excluding hydrogens is 580 g/mol. The number of hydrogen-bond donors (Lipinski definition) is 0. The quantitative estimate of drug-likeness (QED) is 0.235. The van der Waals surface area contributed by atoms with Crippen LogP contribution >= 0.6 is 0 Å². The summed E-state index contributed by atoms with van der Waals surface area (Å²) in [5.74, 6) is 2.79. The highest BCUT2D eigenvalue weighted by Gasteiger charge is 2.49. The van der Waals surface area contributed by atoms with E-state index >= 15 is 0 Å². The summed E-state index contributed by atoms with van der Waals surface area (Å²) in [7, 11) is 2.86. The third kappa shape index (κ3) is 8.08. The Labute approximate surface area is 275 Å². The van der Waals surface area contributed by atoms with Gasteiger partial charge in [-0.1, -0.05) is 66.2 Å². The van der Waals surface area contributed by atoms with Crippen LogP contribution in [0, 0.1) is 30.6 Å². The van der Waals surface area contributed by atoms with Gasteiger partial charge in [-0.3, -0.25) is 4.79 Å². The molecule has 2 aliphatic rings. The number of allylic oxidation sites excluding steroid dienone is 4. The van der Waals surface area contributed by atoms with E-state index in [1.165, 1.54) is 5.57 Å². The zero-order valence-electron chi connectivity index (χ0n) is 31.0. The van der Waals surface area contributed by atoms with E-state index in [0.717, 1.165) is 41.5 Å². The first-order chi connectivity index (χ1) is 20.9. The summed E-state index contributed by atoms with van der Waals surface area (Å²) < 4.78 is 32.7. The molecule has 1 aromatic rings. The van der Waals surface area contributed by atoms with Crippen LogP contribution in [0.2, 0.25) is 18.1 Å². The molecule has 7 heteroatoms. The Kier molecular flexibility index (Phi) is 12.3. The van der Waals surface area contributed by atoms with Crippen LogP contribution in [-0.2, 0) is 20.4 Å². The van der Waals surface area contributed by atoms with E-state index in [1.807, 2.05) is 13.8 Å². The van der Waals surface area contributed by atoms with Gasteiger partial charge in [0.2, 0.25) is 0 Å². The van der Waals surface area contributed by atoms with Gasteiger partial charge in [-0.15, -0.1) is 0 Å². The molecule has 254 valence electrons. The van der Waals surface area contributed by atoms with E-state index in [9.17, 15) is 4.79 Å². The monoisotopic (exact) mass is 642 g/mol. The van der Waals surface area contributed by atoms with Gasteiger partial charge in [0.15, 0.2) is 25.6 Å². The molecule has 0 aromatic heterocycles. The molecule has 1 fully saturated rings. The topological polar surface area (TPSA) is 63.2 Å². The highest BCUT2D eigenvalue weighted by Crippen LogP contribution is 2.53. The summed E-state index contributed by atoms with van der Waals surface area (Å²) in [6, 6.07) is 0. The van der Waals surface area contributed by atoms with Crippen LogP contribution < -0.4 is 14.2 Å². The molecule has 45 heavy (non-hydrogen) atoms. The number of fused-ring (bicyclic) bond motifs is 4. The fourth-order valence-electron chi connectivity index (χ4n) is 7.23. The molecule has 0 radical (unpaired) electrons. The number of methoxy groups -OCH3 is 3. The van der Waals surface area contributed by atoms with Crippen molar-refractivity contribution in [3.63, 3.8) is 0 Å². The number of benzene rings is 1. The summed E-state index contributed by atoms with van der Waals surface area (Å²) in [6.07, 6.45) is 7.12. The first kappa shape index (κ1) is 37.4. The zero-order chi connectivity index (χ0) is 34.0. The SMILES string of the molecule is COc1c(C)c(OC)c(OC)c2c1CC(=O)/C(C)=C/[C@H](C)C/C(C)=C\[C@@H](C)CC[C@H]1O[C@@H]2[C@H](C)[C@@H](O[Si](C)(C)C(C)(C)C)[C@H]1C. The first-order valence-corrected chi connectivity index (χ1v) is 19.8. The standard InChI is InChI=1S/C38H62O6Si/c1-22-16-17-31-26(5)33(44-45(14,15)38(8,9)10)27(6)35(43-31)32-29(34(40-11)28(7)36(41-12)37(32)42-13)21-30(39)25(4)20-24(3)19-23(2)18-22/h18,20,22,24,26-27,31,33,35H,16-17,19,21H2,1-15H3/b23-18-,25-20+/t22-,24+,26-,27+,31+,33-,35+/m0/s1. The van der Waals surface area contributed by atoms with Crippen LogP contribution in [0.25, 0.3) is 0 Å². The summed E-state index contributed by atoms with van der Waals surface area (Å²) in [6.45, 7) is 26.7. The minimum atomic E-state index is -2.13. The summed E-state index contributed by atoms with van der Waals surface area (Å²) >= 11 is 0. The third-order valence-electron chi connectivity index (χ3n) is 10.7.